The van der Waals surface area contributed by atoms with Crippen LogP contribution in [-0.2, 0) is 4.79 Å². The van der Waals surface area contributed by atoms with Gasteiger partial charge in [-0.3, -0.25) is 4.79 Å². The Bertz CT molecular complexity index is 272. The highest BCUT2D eigenvalue weighted by atomic mass is 16.4. The Labute approximate surface area is 92.7 Å². The van der Waals surface area contributed by atoms with E-state index in [1.807, 2.05) is 19.1 Å². The maximum Gasteiger partial charge on any atom is 0.310 e. The number of hydrogen-bond donors (Lipinski definition) is 1. The summed E-state index contributed by atoms with van der Waals surface area (Å²) in [6.45, 7) is 9.99. The zero-order valence-electron chi connectivity index (χ0n) is 10.4. The molecule has 0 aliphatic rings. The molecule has 0 saturated carbocycles. The van der Waals surface area contributed by atoms with Crippen LogP contribution in [0.3, 0.4) is 0 Å². The Morgan fingerprint density at radius 2 is 1.73 bits per heavy atom. The van der Waals surface area contributed by atoms with Crippen molar-refractivity contribution in [2.24, 2.45) is 11.8 Å². The first-order chi connectivity index (χ1) is 6.84. The van der Waals surface area contributed by atoms with E-state index in [0.717, 1.165) is 12.0 Å². The second-order valence-corrected chi connectivity index (χ2v) is 4.58. The average Bonchev–Trinajstić information content (AvgIpc) is 2.11. The van der Waals surface area contributed by atoms with Crippen molar-refractivity contribution >= 4 is 5.97 Å². The van der Waals surface area contributed by atoms with Crippen LogP contribution in [0.25, 0.3) is 0 Å². The molecule has 0 fully saturated rings. The molecular weight excluding hydrogens is 188 g/mol. The van der Waals surface area contributed by atoms with Crippen LogP contribution in [0.5, 0.6) is 0 Å². The SMILES string of the molecule is C/C(=C\C=C(/C)C(C)C(=O)O)CC(C)C. The predicted molar refractivity (Wildman–Crippen MR) is 63.8 cm³/mol. The second kappa shape index (κ2) is 6.44. The minimum atomic E-state index is -0.765. The van der Waals surface area contributed by atoms with Crippen molar-refractivity contribution in [2.45, 2.75) is 41.0 Å². The van der Waals surface area contributed by atoms with E-state index >= 15 is 0 Å². The third kappa shape index (κ3) is 6.10. The molecule has 2 heteroatoms. The Hall–Kier alpha value is -1.05. The average molecular weight is 210 g/mol. The van der Waals surface area contributed by atoms with E-state index in [1.165, 1.54) is 5.57 Å². The van der Waals surface area contributed by atoms with Gasteiger partial charge in [-0.2, -0.15) is 0 Å². The van der Waals surface area contributed by atoms with E-state index in [1.54, 1.807) is 6.92 Å². The number of aliphatic carboxylic acids is 1. The third-order valence-corrected chi connectivity index (χ3v) is 2.41. The fraction of sp³-hybridized carbons (Fsp3) is 0.615. The normalized spacial score (nSPS) is 15.6. The number of carboxylic acid groups (broad SMARTS) is 1. The second-order valence-electron chi connectivity index (χ2n) is 4.58. The van der Waals surface area contributed by atoms with Gasteiger partial charge < -0.3 is 5.11 Å². The molecule has 0 aromatic heterocycles. The van der Waals surface area contributed by atoms with E-state index in [4.69, 9.17) is 5.11 Å². The van der Waals surface area contributed by atoms with Crippen molar-refractivity contribution < 1.29 is 9.90 Å². The van der Waals surface area contributed by atoms with Crippen molar-refractivity contribution in [3.8, 4) is 0 Å². The largest absolute Gasteiger partial charge is 0.481 e. The van der Waals surface area contributed by atoms with Gasteiger partial charge in [0.1, 0.15) is 0 Å². The van der Waals surface area contributed by atoms with Crippen molar-refractivity contribution in [2.75, 3.05) is 0 Å². The van der Waals surface area contributed by atoms with Gasteiger partial charge in [-0.1, -0.05) is 37.1 Å². The van der Waals surface area contributed by atoms with Crippen LogP contribution in [0, 0.1) is 11.8 Å². The number of carbonyl (C=O) groups is 1. The summed E-state index contributed by atoms with van der Waals surface area (Å²) in [4.78, 5) is 10.7. The molecule has 0 amide bonds. The van der Waals surface area contributed by atoms with Crippen LogP contribution >= 0.6 is 0 Å². The molecule has 0 aliphatic heterocycles. The van der Waals surface area contributed by atoms with Gasteiger partial charge in [-0.15, -0.1) is 0 Å². The minimum Gasteiger partial charge on any atom is -0.481 e. The Balaban J connectivity index is 4.43. The molecule has 0 heterocycles. The molecule has 0 saturated heterocycles. The van der Waals surface area contributed by atoms with Crippen molar-refractivity contribution in [1.82, 2.24) is 0 Å². The van der Waals surface area contributed by atoms with E-state index in [2.05, 4.69) is 20.8 Å². The van der Waals surface area contributed by atoms with E-state index in [-0.39, 0.29) is 0 Å². The molecule has 1 unspecified atom stereocenters. The van der Waals surface area contributed by atoms with Crippen LogP contribution in [0.15, 0.2) is 23.3 Å². The van der Waals surface area contributed by atoms with E-state index < -0.39 is 11.9 Å². The van der Waals surface area contributed by atoms with Gasteiger partial charge in [-0.25, -0.2) is 0 Å². The molecule has 0 spiro atoms. The van der Waals surface area contributed by atoms with Crippen molar-refractivity contribution in [3.63, 3.8) is 0 Å². The summed E-state index contributed by atoms with van der Waals surface area (Å²) in [5.74, 6) is -0.515. The van der Waals surface area contributed by atoms with Gasteiger partial charge in [0.05, 0.1) is 5.92 Å². The summed E-state index contributed by atoms with van der Waals surface area (Å²) in [6.07, 6.45) is 5.00. The highest BCUT2D eigenvalue weighted by Gasteiger charge is 2.11. The number of carboxylic acids is 1. The highest BCUT2D eigenvalue weighted by Crippen LogP contribution is 2.13. The summed E-state index contributed by atoms with van der Waals surface area (Å²) in [5.41, 5.74) is 2.19. The van der Waals surface area contributed by atoms with Gasteiger partial charge in [0.15, 0.2) is 0 Å². The molecule has 0 aromatic rings. The zero-order chi connectivity index (χ0) is 12.0. The molecule has 86 valence electrons. The molecule has 0 bridgehead atoms. The lowest BCUT2D eigenvalue weighted by Gasteiger charge is -2.06. The lowest BCUT2D eigenvalue weighted by atomic mass is 10.0. The summed E-state index contributed by atoms with van der Waals surface area (Å²) in [6, 6.07) is 0. The number of rotatable bonds is 5. The quantitative estimate of drug-likeness (QED) is 0.703. The third-order valence-electron chi connectivity index (χ3n) is 2.41. The van der Waals surface area contributed by atoms with Gasteiger partial charge in [-0.05, 0) is 33.1 Å². The predicted octanol–water partition coefficient (Wildman–Crippen LogP) is 3.65. The Kier molecular flexibility index (Phi) is 5.99. The first kappa shape index (κ1) is 13.9. The lowest BCUT2D eigenvalue weighted by Crippen LogP contribution is -2.10. The Morgan fingerprint density at radius 1 is 1.20 bits per heavy atom. The minimum absolute atomic E-state index is 0.395. The van der Waals surface area contributed by atoms with E-state index in [0.29, 0.717) is 5.92 Å². The first-order valence-corrected chi connectivity index (χ1v) is 5.41. The maximum absolute atomic E-state index is 10.7. The topological polar surface area (TPSA) is 37.3 Å². The van der Waals surface area contributed by atoms with Crippen LogP contribution < -0.4 is 0 Å². The lowest BCUT2D eigenvalue weighted by molar-refractivity contribution is -0.139. The molecule has 0 aliphatic carbocycles. The molecule has 0 rings (SSSR count). The maximum atomic E-state index is 10.7. The first-order valence-electron chi connectivity index (χ1n) is 5.41. The molecule has 0 aromatic carbocycles. The van der Waals surface area contributed by atoms with Crippen molar-refractivity contribution in [1.29, 1.82) is 0 Å². The molecule has 1 N–H and O–H groups in total. The summed E-state index contributed by atoms with van der Waals surface area (Å²) < 4.78 is 0. The standard InChI is InChI=1S/C13H22O2/c1-9(2)8-10(3)6-7-11(4)12(5)13(14)15/h6-7,9,12H,8H2,1-5H3,(H,14,15)/b10-6+,11-7+. The fourth-order valence-electron chi connectivity index (χ4n) is 1.32. The van der Waals surface area contributed by atoms with Gasteiger partial charge in [0, 0.05) is 0 Å². The van der Waals surface area contributed by atoms with Gasteiger partial charge >= 0.3 is 5.97 Å². The fourth-order valence-corrected chi connectivity index (χ4v) is 1.32. The van der Waals surface area contributed by atoms with Gasteiger partial charge in [0.25, 0.3) is 0 Å². The van der Waals surface area contributed by atoms with Crippen molar-refractivity contribution in [3.05, 3.63) is 23.3 Å². The van der Waals surface area contributed by atoms with Crippen LogP contribution in [0.2, 0.25) is 0 Å². The van der Waals surface area contributed by atoms with Crippen LogP contribution in [0.4, 0.5) is 0 Å². The van der Waals surface area contributed by atoms with E-state index in [9.17, 15) is 4.79 Å². The molecule has 1 atom stereocenters. The smallest absolute Gasteiger partial charge is 0.310 e. The Morgan fingerprint density at radius 3 is 2.13 bits per heavy atom. The number of hydrogen-bond acceptors (Lipinski definition) is 1. The number of allylic oxidation sites excluding steroid dienone is 3. The summed E-state index contributed by atoms with van der Waals surface area (Å²) in [7, 11) is 0. The zero-order valence-corrected chi connectivity index (χ0v) is 10.4. The monoisotopic (exact) mass is 210 g/mol. The van der Waals surface area contributed by atoms with Gasteiger partial charge in [0.2, 0.25) is 0 Å². The molecule has 2 nitrogen and oxygen atoms in total. The summed E-state index contributed by atoms with van der Waals surface area (Å²) >= 11 is 0. The molecule has 0 radical (unpaired) electrons. The highest BCUT2D eigenvalue weighted by molar-refractivity contribution is 5.73. The van der Waals surface area contributed by atoms with Crippen LogP contribution in [-0.4, -0.2) is 11.1 Å². The molecule has 15 heavy (non-hydrogen) atoms. The summed E-state index contributed by atoms with van der Waals surface area (Å²) in [5, 5.41) is 8.80. The van der Waals surface area contributed by atoms with Crippen LogP contribution in [0.1, 0.15) is 41.0 Å². The molecular formula is C13H22O2.